The van der Waals surface area contributed by atoms with Crippen molar-refractivity contribution in [2.45, 2.75) is 45.6 Å². The molecule has 0 aromatic heterocycles. The number of rotatable bonds is 6. The molecule has 0 heterocycles. The molecule has 0 saturated heterocycles. The Balaban J connectivity index is 1.68. The third kappa shape index (κ3) is 3.73. The van der Waals surface area contributed by atoms with Crippen LogP contribution in [0.2, 0.25) is 5.02 Å². The fraction of sp³-hybridized carbons (Fsp3) is 0.350. The molecule has 1 aliphatic rings. The van der Waals surface area contributed by atoms with Crippen molar-refractivity contribution in [2.24, 2.45) is 0 Å². The number of ether oxygens (including phenoxy) is 1. The van der Waals surface area contributed by atoms with Gasteiger partial charge in [-0.05, 0) is 72.6 Å². The van der Waals surface area contributed by atoms with Crippen LogP contribution in [0.25, 0.3) is 0 Å². The SMILES string of the molecule is Cc1ccc(OCc2ccc(CCC(=O)O)c(Cl)c2)c2c1CCC2. The van der Waals surface area contributed by atoms with Crippen LogP contribution in [0.1, 0.15) is 40.7 Å². The van der Waals surface area contributed by atoms with Crippen LogP contribution in [0.4, 0.5) is 0 Å². The van der Waals surface area contributed by atoms with Crippen LogP contribution in [0, 0.1) is 6.92 Å². The topological polar surface area (TPSA) is 46.5 Å². The van der Waals surface area contributed by atoms with Crippen molar-refractivity contribution in [1.29, 1.82) is 0 Å². The van der Waals surface area contributed by atoms with Gasteiger partial charge in [0.25, 0.3) is 0 Å². The molecule has 0 unspecified atom stereocenters. The molecule has 24 heavy (non-hydrogen) atoms. The van der Waals surface area contributed by atoms with Gasteiger partial charge in [-0.2, -0.15) is 0 Å². The molecule has 126 valence electrons. The minimum Gasteiger partial charge on any atom is -0.489 e. The fourth-order valence-electron chi connectivity index (χ4n) is 3.27. The van der Waals surface area contributed by atoms with Gasteiger partial charge in [0.05, 0.1) is 0 Å². The molecule has 1 N–H and O–H groups in total. The van der Waals surface area contributed by atoms with Gasteiger partial charge in [-0.1, -0.05) is 29.8 Å². The highest BCUT2D eigenvalue weighted by Gasteiger charge is 2.17. The van der Waals surface area contributed by atoms with E-state index in [2.05, 4.69) is 19.1 Å². The van der Waals surface area contributed by atoms with Gasteiger partial charge in [0, 0.05) is 11.4 Å². The second-order valence-corrected chi connectivity index (χ2v) is 6.71. The van der Waals surface area contributed by atoms with E-state index in [1.807, 2.05) is 18.2 Å². The van der Waals surface area contributed by atoms with Crippen LogP contribution in [-0.2, 0) is 30.7 Å². The zero-order valence-corrected chi connectivity index (χ0v) is 14.5. The minimum atomic E-state index is -0.813. The van der Waals surface area contributed by atoms with Gasteiger partial charge < -0.3 is 9.84 Å². The van der Waals surface area contributed by atoms with Gasteiger partial charge >= 0.3 is 5.97 Å². The molecule has 0 radical (unpaired) electrons. The monoisotopic (exact) mass is 344 g/mol. The van der Waals surface area contributed by atoms with Crippen molar-refractivity contribution in [3.05, 3.63) is 63.2 Å². The fourth-order valence-corrected chi connectivity index (χ4v) is 3.57. The van der Waals surface area contributed by atoms with Crippen molar-refractivity contribution >= 4 is 17.6 Å². The maximum absolute atomic E-state index is 10.7. The Morgan fingerprint density at radius 2 is 2.00 bits per heavy atom. The number of aliphatic carboxylic acids is 1. The van der Waals surface area contributed by atoms with Crippen LogP contribution in [0.5, 0.6) is 5.75 Å². The van der Waals surface area contributed by atoms with Crippen LogP contribution in [0.15, 0.2) is 30.3 Å². The molecule has 0 saturated carbocycles. The first-order valence-corrected chi connectivity index (χ1v) is 8.65. The van der Waals surface area contributed by atoms with E-state index in [4.69, 9.17) is 21.4 Å². The summed E-state index contributed by atoms with van der Waals surface area (Å²) in [7, 11) is 0. The maximum atomic E-state index is 10.7. The standard InChI is InChI=1S/C20H21ClO3/c1-13-5-9-19(17-4-2-3-16(13)17)24-12-14-6-7-15(18(21)11-14)8-10-20(22)23/h5-7,9,11H,2-4,8,10,12H2,1H3,(H,22,23). The second-order valence-electron chi connectivity index (χ2n) is 6.30. The number of hydrogen-bond donors (Lipinski definition) is 1. The minimum absolute atomic E-state index is 0.0884. The zero-order valence-electron chi connectivity index (χ0n) is 13.8. The third-order valence-electron chi connectivity index (χ3n) is 4.60. The van der Waals surface area contributed by atoms with E-state index in [1.54, 1.807) is 0 Å². The largest absolute Gasteiger partial charge is 0.489 e. The summed E-state index contributed by atoms with van der Waals surface area (Å²) >= 11 is 6.26. The molecule has 0 amide bonds. The molecule has 0 fully saturated rings. The Hall–Kier alpha value is -2.00. The van der Waals surface area contributed by atoms with E-state index in [1.165, 1.54) is 23.1 Å². The van der Waals surface area contributed by atoms with Crippen LogP contribution < -0.4 is 4.74 Å². The Bertz CT molecular complexity index is 768. The number of halogens is 1. The average Bonchev–Trinajstić information content (AvgIpc) is 3.04. The molecule has 4 heteroatoms. The molecule has 3 nitrogen and oxygen atoms in total. The summed E-state index contributed by atoms with van der Waals surface area (Å²) in [6, 6.07) is 9.90. The lowest BCUT2D eigenvalue weighted by Gasteiger charge is -2.13. The average molecular weight is 345 g/mol. The number of aryl methyl sites for hydroxylation is 2. The Morgan fingerprint density at radius 3 is 2.75 bits per heavy atom. The zero-order chi connectivity index (χ0) is 17.1. The summed E-state index contributed by atoms with van der Waals surface area (Å²) in [4.78, 5) is 10.7. The number of hydrogen-bond acceptors (Lipinski definition) is 2. The predicted molar refractivity (Wildman–Crippen MR) is 94.9 cm³/mol. The molecular weight excluding hydrogens is 324 g/mol. The summed E-state index contributed by atoms with van der Waals surface area (Å²) < 4.78 is 6.03. The number of benzene rings is 2. The van der Waals surface area contributed by atoms with Crippen LogP contribution in [-0.4, -0.2) is 11.1 Å². The van der Waals surface area contributed by atoms with Crippen molar-refractivity contribution < 1.29 is 14.6 Å². The highest BCUT2D eigenvalue weighted by Crippen LogP contribution is 2.33. The van der Waals surface area contributed by atoms with E-state index >= 15 is 0 Å². The van der Waals surface area contributed by atoms with Gasteiger partial charge in [0.15, 0.2) is 0 Å². The number of carbonyl (C=O) groups is 1. The summed E-state index contributed by atoms with van der Waals surface area (Å²) in [6.45, 7) is 2.62. The summed E-state index contributed by atoms with van der Waals surface area (Å²) in [5, 5.41) is 9.37. The molecule has 0 spiro atoms. The molecule has 0 atom stereocenters. The maximum Gasteiger partial charge on any atom is 0.303 e. The predicted octanol–water partition coefficient (Wildman–Crippen LogP) is 4.73. The summed E-state index contributed by atoms with van der Waals surface area (Å²) in [5.41, 5.74) is 5.99. The van der Waals surface area contributed by atoms with Gasteiger partial charge in [0.1, 0.15) is 12.4 Å². The normalized spacial score (nSPS) is 12.9. The third-order valence-corrected chi connectivity index (χ3v) is 4.95. The summed E-state index contributed by atoms with van der Waals surface area (Å²) in [6.07, 6.45) is 3.95. The second kappa shape index (κ2) is 7.27. The van der Waals surface area contributed by atoms with E-state index in [-0.39, 0.29) is 6.42 Å². The van der Waals surface area contributed by atoms with Gasteiger partial charge in [-0.15, -0.1) is 0 Å². The number of carboxylic acids is 1. The molecule has 2 aromatic rings. The smallest absolute Gasteiger partial charge is 0.303 e. The first-order valence-electron chi connectivity index (χ1n) is 8.28. The molecule has 1 aliphatic carbocycles. The highest BCUT2D eigenvalue weighted by atomic mass is 35.5. The molecular formula is C20H21ClO3. The van der Waals surface area contributed by atoms with Crippen molar-refractivity contribution in [1.82, 2.24) is 0 Å². The molecule has 3 rings (SSSR count). The van der Waals surface area contributed by atoms with E-state index < -0.39 is 5.97 Å². The number of fused-ring (bicyclic) bond motifs is 1. The lowest BCUT2D eigenvalue weighted by Crippen LogP contribution is -2.01. The van der Waals surface area contributed by atoms with Gasteiger partial charge in [-0.3, -0.25) is 4.79 Å². The van der Waals surface area contributed by atoms with Crippen molar-refractivity contribution in [2.75, 3.05) is 0 Å². The van der Waals surface area contributed by atoms with Crippen molar-refractivity contribution in [3.63, 3.8) is 0 Å². The van der Waals surface area contributed by atoms with Gasteiger partial charge in [-0.25, -0.2) is 0 Å². The lowest BCUT2D eigenvalue weighted by molar-refractivity contribution is -0.136. The highest BCUT2D eigenvalue weighted by molar-refractivity contribution is 6.31. The van der Waals surface area contributed by atoms with Crippen LogP contribution in [0.3, 0.4) is 0 Å². The van der Waals surface area contributed by atoms with E-state index in [0.717, 1.165) is 29.7 Å². The van der Waals surface area contributed by atoms with Crippen LogP contribution >= 0.6 is 11.6 Å². The van der Waals surface area contributed by atoms with E-state index in [9.17, 15) is 4.79 Å². The molecule has 0 bridgehead atoms. The number of carboxylic acid groups (broad SMARTS) is 1. The first kappa shape index (κ1) is 16.8. The molecule has 0 aliphatic heterocycles. The lowest BCUT2D eigenvalue weighted by atomic mass is 10.0. The quantitative estimate of drug-likeness (QED) is 0.823. The summed E-state index contributed by atoms with van der Waals surface area (Å²) in [5.74, 6) is 0.158. The Morgan fingerprint density at radius 1 is 1.21 bits per heavy atom. The first-order chi connectivity index (χ1) is 11.5. The molecule has 2 aromatic carbocycles. The van der Waals surface area contributed by atoms with Crippen molar-refractivity contribution in [3.8, 4) is 5.75 Å². The van der Waals surface area contributed by atoms with E-state index in [0.29, 0.717) is 18.1 Å². The Kier molecular flexibility index (Phi) is 5.10. The van der Waals surface area contributed by atoms with Gasteiger partial charge in [0.2, 0.25) is 0 Å². The Labute approximate surface area is 147 Å².